The van der Waals surface area contributed by atoms with Gasteiger partial charge in [0.1, 0.15) is 0 Å². The van der Waals surface area contributed by atoms with E-state index in [0.717, 1.165) is 35.9 Å². The fourth-order valence-electron chi connectivity index (χ4n) is 1.90. The normalized spacial score (nSPS) is 19.9. The first kappa shape index (κ1) is 15.3. The number of sulfonamides is 1. The summed E-state index contributed by atoms with van der Waals surface area (Å²) in [4.78, 5) is 1.45. The van der Waals surface area contributed by atoms with E-state index in [2.05, 4.69) is 10.0 Å². The molecule has 0 aliphatic carbocycles. The van der Waals surface area contributed by atoms with Gasteiger partial charge in [0.05, 0.1) is 4.90 Å². The zero-order valence-corrected chi connectivity index (χ0v) is 13.5. The van der Waals surface area contributed by atoms with Crippen LogP contribution in [0.3, 0.4) is 0 Å². The van der Waals surface area contributed by atoms with Gasteiger partial charge in [-0.15, -0.1) is 11.3 Å². The van der Waals surface area contributed by atoms with E-state index in [0.29, 0.717) is 17.4 Å². The molecule has 1 atom stereocenters. The largest absolute Gasteiger partial charge is 0.312 e. The Morgan fingerprint density at radius 3 is 3.00 bits per heavy atom. The summed E-state index contributed by atoms with van der Waals surface area (Å²) in [5, 5.41) is 4.92. The highest BCUT2D eigenvalue weighted by Crippen LogP contribution is 2.24. The molecule has 1 aliphatic heterocycles. The van der Waals surface area contributed by atoms with Crippen molar-refractivity contribution in [1.29, 1.82) is 0 Å². The van der Waals surface area contributed by atoms with E-state index in [1.807, 2.05) is 18.7 Å². The third kappa shape index (κ3) is 4.46. The Morgan fingerprint density at radius 2 is 2.32 bits per heavy atom. The highest BCUT2D eigenvalue weighted by Gasteiger charge is 2.20. The second-order valence-corrected chi connectivity index (χ2v) is 8.52. The fraction of sp³-hybridized carbons (Fsp3) is 0.667. The maximum atomic E-state index is 12.1. The van der Waals surface area contributed by atoms with E-state index >= 15 is 0 Å². The quantitative estimate of drug-likeness (QED) is 0.805. The van der Waals surface area contributed by atoms with Gasteiger partial charge in [-0.05, 0) is 36.5 Å². The van der Waals surface area contributed by atoms with E-state index in [1.165, 1.54) is 11.3 Å². The molecular formula is C12H20N2O2S3. The lowest BCUT2D eigenvalue weighted by molar-refractivity contribution is 0.546. The lowest BCUT2D eigenvalue weighted by atomic mass is 10.1. The lowest BCUT2D eigenvalue weighted by Gasteiger charge is -2.09. The van der Waals surface area contributed by atoms with Crippen molar-refractivity contribution in [3.8, 4) is 0 Å². The van der Waals surface area contributed by atoms with E-state index in [9.17, 15) is 8.42 Å². The van der Waals surface area contributed by atoms with E-state index in [-0.39, 0.29) is 0 Å². The van der Waals surface area contributed by atoms with Gasteiger partial charge >= 0.3 is 0 Å². The maximum absolute atomic E-state index is 12.1. The third-order valence-corrected chi connectivity index (χ3v) is 6.80. The average molecular weight is 321 g/mol. The molecule has 2 heterocycles. The molecule has 1 unspecified atom stereocenters. The first-order chi connectivity index (χ1) is 9.12. The van der Waals surface area contributed by atoms with Gasteiger partial charge in [0.15, 0.2) is 0 Å². The number of hydrogen-bond donors (Lipinski definition) is 2. The molecule has 1 saturated heterocycles. The molecule has 108 valence electrons. The summed E-state index contributed by atoms with van der Waals surface area (Å²) < 4.78 is 27.0. The van der Waals surface area contributed by atoms with Crippen LogP contribution in [0.2, 0.25) is 0 Å². The predicted molar refractivity (Wildman–Crippen MR) is 82.3 cm³/mol. The third-order valence-electron chi connectivity index (χ3n) is 3.08. The van der Waals surface area contributed by atoms with Crippen molar-refractivity contribution >= 4 is 33.1 Å². The van der Waals surface area contributed by atoms with Crippen LogP contribution in [0.25, 0.3) is 0 Å². The first-order valence-electron chi connectivity index (χ1n) is 6.47. The summed E-state index contributed by atoms with van der Waals surface area (Å²) in [5.41, 5.74) is 0. The van der Waals surface area contributed by atoms with Crippen LogP contribution < -0.4 is 10.0 Å². The summed E-state index contributed by atoms with van der Waals surface area (Å²) in [6.07, 6.45) is 1.11. The van der Waals surface area contributed by atoms with E-state index < -0.39 is 10.0 Å². The molecule has 0 radical (unpaired) electrons. The first-order valence-corrected chi connectivity index (χ1v) is 9.99. The van der Waals surface area contributed by atoms with Crippen molar-refractivity contribution in [3.05, 3.63) is 16.3 Å². The Hall–Kier alpha value is -0.0800. The van der Waals surface area contributed by atoms with Crippen LogP contribution in [0, 0.1) is 5.92 Å². The topological polar surface area (TPSA) is 58.2 Å². The molecule has 0 saturated carbocycles. The van der Waals surface area contributed by atoms with Gasteiger partial charge in [0.25, 0.3) is 0 Å². The average Bonchev–Trinajstić information content (AvgIpc) is 3.05. The molecule has 1 aliphatic rings. The molecule has 0 bridgehead atoms. The molecular weight excluding hydrogens is 300 g/mol. The van der Waals surface area contributed by atoms with Crippen molar-refractivity contribution in [2.75, 3.05) is 24.6 Å². The molecule has 2 N–H and O–H groups in total. The Balaban J connectivity index is 1.92. The highest BCUT2D eigenvalue weighted by molar-refractivity contribution is 7.99. The number of hydrogen-bond acceptors (Lipinski definition) is 5. The second kappa shape index (κ2) is 7.08. The van der Waals surface area contributed by atoms with Crippen LogP contribution in [0.5, 0.6) is 0 Å². The molecule has 4 nitrogen and oxygen atoms in total. The molecule has 19 heavy (non-hydrogen) atoms. The smallest absolute Gasteiger partial charge is 0.241 e. The lowest BCUT2D eigenvalue weighted by Crippen LogP contribution is -2.29. The summed E-state index contributed by atoms with van der Waals surface area (Å²) in [7, 11) is -3.33. The van der Waals surface area contributed by atoms with Crippen LogP contribution in [0.4, 0.5) is 0 Å². The van der Waals surface area contributed by atoms with Gasteiger partial charge in [-0.2, -0.15) is 11.8 Å². The van der Waals surface area contributed by atoms with E-state index in [4.69, 9.17) is 0 Å². The van der Waals surface area contributed by atoms with Gasteiger partial charge in [-0.1, -0.05) is 6.92 Å². The van der Waals surface area contributed by atoms with Crippen molar-refractivity contribution in [1.82, 2.24) is 10.0 Å². The van der Waals surface area contributed by atoms with Crippen molar-refractivity contribution < 1.29 is 8.42 Å². The van der Waals surface area contributed by atoms with Gasteiger partial charge in [-0.25, -0.2) is 13.1 Å². The van der Waals surface area contributed by atoms with Gasteiger partial charge in [0.2, 0.25) is 10.0 Å². The van der Waals surface area contributed by atoms with E-state index in [1.54, 1.807) is 11.4 Å². The molecule has 1 fully saturated rings. The van der Waals surface area contributed by atoms with Gasteiger partial charge in [-0.3, -0.25) is 0 Å². The zero-order valence-electron chi connectivity index (χ0n) is 11.0. The van der Waals surface area contributed by atoms with Crippen LogP contribution in [-0.4, -0.2) is 33.0 Å². The Kier molecular flexibility index (Phi) is 5.70. The summed E-state index contributed by atoms with van der Waals surface area (Å²) in [6.45, 7) is 4.22. The number of rotatable bonds is 7. The minimum atomic E-state index is -3.33. The second-order valence-electron chi connectivity index (χ2n) is 4.61. The number of thioether (sulfide) groups is 1. The molecule has 0 aromatic carbocycles. The molecule has 0 amide bonds. The van der Waals surface area contributed by atoms with Crippen LogP contribution in [0.1, 0.15) is 18.2 Å². The van der Waals surface area contributed by atoms with Gasteiger partial charge < -0.3 is 5.32 Å². The zero-order chi connectivity index (χ0) is 13.7. The van der Waals surface area contributed by atoms with Crippen molar-refractivity contribution in [2.45, 2.75) is 24.8 Å². The maximum Gasteiger partial charge on any atom is 0.241 e. The standard InChI is InChI=1S/C12H20N2O2S3/c1-2-13-7-11-5-12(9-18-11)19(15,16)14-6-10-3-4-17-8-10/h5,9-10,13-14H,2-4,6-8H2,1H3. The Labute approximate surface area is 123 Å². The molecule has 1 aromatic rings. The monoisotopic (exact) mass is 320 g/mol. The molecule has 1 aromatic heterocycles. The SMILES string of the molecule is CCNCc1cc(S(=O)(=O)NCC2CCSC2)cs1. The molecule has 7 heteroatoms. The van der Waals surface area contributed by atoms with Crippen molar-refractivity contribution in [2.24, 2.45) is 5.92 Å². The molecule has 0 spiro atoms. The number of thiophene rings is 1. The van der Waals surface area contributed by atoms with Crippen LogP contribution in [0.15, 0.2) is 16.3 Å². The fourth-order valence-corrected chi connectivity index (χ4v) is 5.54. The van der Waals surface area contributed by atoms with Crippen molar-refractivity contribution in [3.63, 3.8) is 0 Å². The van der Waals surface area contributed by atoms with Gasteiger partial charge in [0, 0.05) is 23.3 Å². The summed E-state index contributed by atoms with van der Waals surface area (Å²) in [6, 6.07) is 1.76. The van der Waals surface area contributed by atoms with Crippen LogP contribution >= 0.6 is 23.1 Å². The van der Waals surface area contributed by atoms with Crippen LogP contribution in [-0.2, 0) is 16.6 Å². The minimum absolute atomic E-state index is 0.399. The number of nitrogens with one attached hydrogen (secondary N) is 2. The Bertz CT molecular complexity index is 493. The Morgan fingerprint density at radius 1 is 1.47 bits per heavy atom. The summed E-state index contributed by atoms with van der Waals surface area (Å²) in [5.74, 6) is 2.70. The summed E-state index contributed by atoms with van der Waals surface area (Å²) >= 11 is 3.39. The highest BCUT2D eigenvalue weighted by atomic mass is 32.2. The predicted octanol–water partition coefficient (Wildman–Crippen LogP) is 1.89. The molecule has 2 rings (SSSR count). The minimum Gasteiger partial charge on any atom is -0.312 e.